The van der Waals surface area contributed by atoms with E-state index in [2.05, 4.69) is 5.32 Å². The van der Waals surface area contributed by atoms with Crippen LogP contribution in [0, 0.1) is 12.7 Å². The molecule has 1 aromatic rings. The van der Waals surface area contributed by atoms with Gasteiger partial charge >= 0.3 is 12.0 Å². The van der Waals surface area contributed by atoms with Crippen LogP contribution in [0.25, 0.3) is 0 Å². The monoisotopic (exact) mass is 294 g/mol. The lowest BCUT2D eigenvalue weighted by molar-refractivity contribution is -0.138. The highest BCUT2D eigenvalue weighted by molar-refractivity contribution is 5.92. The van der Waals surface area contributed by atoms with E-state index in [0.29, 0.717) is 11.3 Å². The Labute approximate surface area is 122 Å². The highest BCUT2D eigenvalue weighted by Gasteiger charge is 2.28. The fraction of sp³-hybridized carbons (Fsp3) is 0.467. The van der Waals surface area contributed by atoms with Crippen LogP contribution in [-0.4, -0.2) is 34.6 Å². The van der Waals surface area contributed by atoms with Crippen LogP contribution in [0.1, 0.15) is 31.2 Å². The van der Waals surface area contributed by atoms with Crippen LogP contribution < -0.4 is 5.32 Å². The number of hydrogen-bond acceptors (Lipinski definition) is 2. The van der Waals surface area contributed by atoms with E-state index in [1.54, 1.807) is 13.0 Å². The van der Waals surface area contributed by atoms with Crippen molar-refractivity contribution in [1.29, 1.82) is 0 Å². The zero-order valence-electron chi connectivity index (χ0n) is 11.9. The van der Waals surface area contributed by atoms with E-state index in [1.165, 1.54) is 17.0 Å². The van der Waals surface area contributed by atoms with E-state index in [1.807, 2.05) is 0 Å². The minimum absolute atomic E-state index is 0.0602. The SMILES string of the molecule is Cc1c(F)cccc1NC(=O)N(CC(=O)O)C1CCCC1. The number of carboxylic acids is 1. The molecular weight excluding hydrogens is 275 g/mol. The second-order valence-electron chi connectivity index (χ2n) is 5.30. The van der Waals surface area contributed by atoms with Gasteiger partial charge in [-0.25, -0.2) is 9.18 Å². The molecule has 114 valence electrons. The van der Waals surface area contributed by atoms with Gasteiger partial charge in [-0.05, 0) is 31.9 Å². The first-order valence-electron chi connectivity index (χ1n) is 7.03. The minimum Gasteiger partial charge on any atom is -0.480 e. The molecule has 1 fully saturated rings. The van der Waals surface area contributed by atoms with Crippen molar-refractivity contribution in [1.82, 2.24) is 4.90 Å². The highest BCUT2D eigenvalue weighted by atomic mass is 19.1. The molecule has 0 saturated heterocycles. The summed E-state index contributed by atoms with van der Waals surface area (Å²) in [6.07, 6.45) is 3.60. The summed E-state index contributed by atoms with van der Waals surface area (Å²) < 4.78 is 13.5. The van der Waals surface area contributed by atoms with E-state index >= 15 is 0 Å². The van der Waals surface area contributed by atoms with Gasteiger partial charge in [0.1, 0.15) is 12.4 Å². The summed E-state index contributed by atoms with van der Waals surface area (Å²) in [4.78, 5) is 24.6. The summed E-state index contributed by atoms with van der Waals surface area (Å²) in [5.74, 6) is -1.45. The van der Waals surface area contributed by atoms with Gasteiger partial charge in [0.05, 0.1) is 0 Å². The Morgan fingerprint density at radius 2 is 2.05 bits per heavy atom. The predicted octanol–water partition coefficient (Wildman–Crippen LogP) is 3.00. The van der Waals surface area contributed by atoms with Gasteiger partial charge in [0.2, 0.25) is 0 Å². The summed E-state index contributed by atoms with van der Waals surface area (Å²) in [6.45, 7) is 1.23. The molecule has 0 radical (unpaired) electrons. The maximum atomic E-state index is 13.5. The molecule has 2 amide bonds. The molecule has 0 aliphatic heterocycles. The van der Waals surface area contributed by atoms with Gasteiger partial charge in [0, 0.05) is 17.3 Å². The van der Waals surface area contributed by atoms with Crippen LogP contribution in [0.4, 0.5) is 14.9 Å². The summed E-state index contributed by atoms with van der Waals surface area (Å²) >= 11 is 0. The van der Waals surface area contributed by atoms with Crippen LogP contribution in [-0.2, 0) is 4.79 Å². The van der Waals surface area contributed by atoms with Gasteiger partial charge in [0.25, 0.3) is 0 Å². The summed E-state index contributed by atoms with van der Waals surface area (Å²) in [5, 5.41) is 11.6. The first kappa shape index (κ1) is 15.3. The number of aliphatic carboxylic acids is 1. The van der Waals surface area contributed by atoms with Crippen molar-refractivity contribution in [3.63, 3.8) is 0 Å². The third-order valence-corrected chi connectivity index (χ3v) is 3.84. The number of anilines is 1. The smallest absolute Gasteiger partial charge is 0.323 e. The zero-order chi connectivity index (χ0) is 15.4. The molecule has 0 unspecified atom stereocenters. The number of nitrogens with one attached hydrogen (secondary N) is 1. The molecule has 0 aromatic heterocycles. The Morgan fingerprint density at radius 1 is 1.38 bits per heavy atom. The average Bonchev–Trinajstić information content (AvgIpc) is 2.94. The second kappa shape index (κ2) is 6.56. The minimum atomic E-state index is -1.05. The van der Waals surface area contributed by atoms with E-state index in [-0.39, 0.29) is 12.6 Å². The van der Waals surface area contributed by atoms with Crippen molar-refractivity contribution < 1.29 is 19.1 Å². The number of carbonyl (C=O) groups excluding carboxylic acids is 1. The lowest BCUT2D eigenvalue weighted by Gasteiger charge is -2.27. The van der Waals surface area contributed by atoms with Crippen LogP contribution in [0.5, 0.6) is 0 Å². The fourth-order valence-corrected chi connectivity index (χ4v) is 2.66. The predicted molar refractivity (Wildman–Crippen MR) is 76.8 cm³/mol. The third kappa shape index (κ3) is 3.71. The van der Waals surface area contributed by atoms with Crippen molar-refractivity contribution in [2.75, 3.05) is 11.9 Å². The lowest BCUT2D eigenvalue weighted by atomic mass is 10.2. The van der Waals surface area contributed by atoms with E-state index in [0.717, 1.165) is 25.7 Å². The normalized spacial score (nSPS) is 15.0. The molecule has 2 N–H and O–H groups in total. The van der Waals surface area contributed by atoms with Gasteiger partial charge in [-0.15, -0.1) is 0 Å². The maximum Gasteiger partial charge on any atom is 0.323 e. The molecule has 5 nitrogen and oxygen atoms in total. The van der Waals surface area contributed by atoms with Crippen molar-refractivity contribution in [2.45, 2.75) is 38.6 Å². The number of benzene rings is 1. The van der Waals surface area contributed by atoms with Gasteiger partial charge in [-0.2, -0.15) is 0 Å². The zero-order valence-corrected chi connectivity index (χ0v) is 11.9. The molecule has 6 heteroatoms. The van der Waals surface area contributed by atoms with Crippen LogP contribution in [0.2, 0.25) is 0 Å². The fourth-order valence-electron chi connectivity index (χ4n) is 2.66. The molecule has 0 heterocycles. The Bertz CT molecular complexity index is 542. The molecular formula is C15H19FN2O3. The largest absolute Gasteiger partial charge is 0.480 e. The molecule has 1 aliphatic rings. The standard InChI is InChI=1S/C15H19FN2O3/c1-10-12(16)7-4-8-13(10)17-15(21)18(9-14(19)20)11-5-2-3-6-11/h4,7-8,11H,2-3,5-6,9H2,1H3,(H,17,21)(H,19,20). The summed E-state index contributed by atoms with van der Waals surface area (Å²) in [6, 6.07) is 3.88. The summed E-state index contributed by atoms with van der Waals surface area (Å²) in [7, 11) is 0. The Hall–Kier alpha value is -2.11. The lowest BCUT2D eigenvalue weighted by Crippen LogP contribution is -2.44. The van der Waals surface area contributed by atoms with E-state index < -0.39 is 17.8 Å². The molecule has 0 atom stereocenters. The Morgan fingerprint density at radius 3 is 2.67 bits per heavy atom. The van der Waals surface area contributed by atoms with Crippen molar-refractivity contribution in [2.24, 2.45) is 0 Å². The molecule has 1 aliphatic carbocycles. The van der Waals surface area contributed by atoms with Crippen LogP contribution in [0.3, 0.4) is 0 Å². The Balaban J connectivity index is 2.14. The van der Waals surface area contributed by atoms with Gasteiger partial charge < -0.3 is 15.3 Å². The maximum absolute atomic E-state index is 13.5. The number of nitrogens with zero attached hydrogens (tertiary/aromatic N) is 1. The molecule has 1 saturated carbocycles. The number of hydrogen-bond donors (Lipinski definition) is 2. The topological polar surface area (TPSA) is 69.6 Å². The quantitative estimate of drug-likeness (QED) is 0.897. The molecule has 1 aromatic carbocycles. The number of urea groups is 1. The van der Waals surface area contributed by atoms with Gasteiger partial charge in [-0.3, -0.25) is 4.79 Å². The molecule has 0 bridgehead atoms. The Kier molecular flexibility index (Phi) is 4.77. The van der Waals surface area contributed by atoms with Gasteiger partial charge in [0.15, 0.2) is 0 Å². The number of carboxylic acid groups (broad SMARTS) is 1. The highest BCUT2D eigenvalue weighted by Crippen LogP contribution is 2.25. The van der Waals surface area contributed by atoms with Crippen molar-refractivity contribution in [3.8, 4) is 0 Å². The third-order valence-electron chi connectivity index (χ3n) is 3.84. The van der Waals surface area contributed by atoms with E-state index in [9.17, 15) is 14.0 Å². The molecule has 2 rings (SSSR count). The van der Waals surface area contributed by atoms with Crippen molar-refractivity contribution in [3.05, 3.63) is 29.6 Å². The molecule has 0 spiro atoms. The average molecular weight is 294 g/mol. The van der Waals surface area contributed by atoms with Crippen LogP contribution >= 0.6 is 0 Å². The first-order chi connectivity index (χ1) is 9.99. The number of carbonyl (C=O) groups is 2. The van der Waals surface area contributed by atoms with Gasteiger partial charge in [-0.1, -0.05) is 18.9 Å². The summed E-state index contributed by atoms with van der Waals surface area (Å²) in [5.41, 5.74) is 0.709. The molecule has 21 heavy (non-hydrogen) atoms. The van der Waals surface area contributed by atoms with E-state index in [4.69, 9.17) is 5.11 Å². The number of rotatable bonds is 4. The second-order valence-corrected chi connectivity index (χ2v) is 5.30. The number of halogens is 1. The van der Waals surface area contributed by atoms with Crippen molar-refractivity contribution >= 4 is 17.7 Å². The van der Waals surface area contributed by atoms with Crippen LogP contribution in [0.15, 0.2) is 18.2 Å². The first-order valence-corrected chi connectivity index (χ1v) is 7.03. The number of amides is 2.